The summed E-state index contributed by atoms with van der Waals surface area (Å²) in [5, 5.41) is 6.58. The van der Waals surface area contributed by atoms with Crippen molar-refractivity contribution < 1.29 is 13.2 Å². The first-order valence-corrected chi connectivity index (χ1v) is 9.74. The molecule has 0 aromatic heterocycles. The predicted octanol–water partition coefficient (Wildman–Crippen LogP) is 1.59. The molecule has 2 atom stereocenters. The third-order valence-corrected chi connectivity index (χ3v) is 6.05. The van der Waals surface area contributed by atoms with Crippen molar-refractivity contribution in [2.45, 2.75) is 48.7 Å². The molecule has 25 heavy (non-hydrogen) atoms. The van der Waals surface area contributed by atoms with E-state index in [9.17, 15) is 13.2 Å². The van der Waals surface area contributed by atoms with Crippen molar-refractivity contribution in [1.29, 1.82) is 0 Å². The van der Waals surface area contributed by atoms with E-state index in [1.54, 1.807) is 12.1 Å². The SMILES string of the molecule is C=CCNS(=O)(=O)c1cccc(C(=O)NC2CC3CCC(C2)N3)c1.Cl. The smallest absolute Gasteiger partial charge is 0.251 e. The average molecular weight is 386 g/mol. The van der Waals surface area contributed by atoms with E-state index >= 15 is 0 Å². The van der Waals surface area contributed by atoms with Gasteiger partial charge in [0.05, 0.1) is 4.90 Å². The van der Waals surface area contributed by atoms with Crippen molar-refractivity contribution in [3.05, 3.63) is 42.5 Å². The van der Waals surface area contributed by atoms with Gasteiger partial charge in [-0.3, -0.25) is 4.79 Å². The van der Waals surface area contributed by atoms with Gasteiger partial charge in [-0.05, 0) is 43.9 Å². The number of hydrogen-bond acceptors (Lipinski definition) is 4. The molecule has 2 aliphatic rings. The fraction of sp³-hybridized carbons (Fsp3) is 0.471. The second kappa shape index (κ2) is 8.31. The van der Waals surface area contributed by atoms with E-state index in [4.69, 9.17) is 0 Å². The summed E-state index contributed by atoms with van der Waals surface area (Å²) in [5.74, 6) is -0.220. The highest BCUT2D eigenvalue weighted by Crippen LogP contribution is 2.27. The van der Waals surface area contributed by atoms with Gasteiger partial charge in [-0.15, -0.1) is 19.0 Å². The first kappa shape index (κ1) is 19.9. The van der Waals surface area contributed by atoms with Crippen molar-refractivity contribution in [2.75, 3.05) is 6.54 Å². The topological polar surface area (TPSA) is 87.3 Å². The van der Waals surface area contributed by atoms with E-state index in [1.807, 2.05) is 0 Å². The van der Waals surface area contributed by atoms with Crippen LogP contribution in [-0.4, -0.2) is 39.0 Å². The molecule has 0 radical (unpaired) electrons. The highest BCUT2D eigenvalue weighted by Gasteiger charge is 2.34. The van der Waals surface area contributed by atoms with Gasteiger partial charge in [-0.25, -0.2) is 13.1 Å². The molecule has 0 saturated carbocycles. The van der Waals surface area contributed by atoms with E-state index in [0.717, 1.165) is 12.8 Å². The summed E-state index contributed by atoms with van der Waals surface area (Å²) >= 11 is 0. The lowest BCUT2D eigenvalue weighted by Crippen LogP contribution is -2.48. The number of carbonyl (C=O) groups is 1. The highest BCUT2D eigenvalue weighted by molar-refractivity contribution is 7.89. The van der Waals surface area contributed by atoms with Gasteiger partial charge in [0.2, 0.25) is 10.0 Å². The largest absolute Gasteiger partial charge is 0.349 e. The fourth-order valence-electron chi connectivity index (χ4n) is 3.50. The number of piperidine rings is 1. The Labute approximate surface area is 154 Å². The summed E-state index contributed by atoms with van der Waals surface area (Å²) in [4.78, 5) is 12.6. The minimum absolute atomic E-state index is 0. The maximum Gasteiger partial charge on any atom is 0.251 e. The molecular formula is C17H24ClN3O3S. The molecular weight excluding hydrogens is 362 g/mol. The lowest BCUT2D eigenvalue weighted by Gasteiger charge is -2.29. The van der Waals surface area contributed by atoms with Crippen LogP contribution in [0, 0.1) is 0 Å². The second-order valence-electron chi connectivity index (χ2n) is 6.45. The molecule has 3 N–H and O–H groups in total. The standard InChI is InChI=1S/C17H23N3O3S.ClH/c1-2-8-18-24(22,23)16-5-3-4-12(9-16)17(21)20-15-10-13-6-7-14(11-15)19-13;/h2-5,9,13-15,18-19H,1,6-8,10-11H2,(H,20,21);1H. The minimum Gasteiger partial charge on any atom is -0.349 e. The Morgan fingerprint density at radius 3 is 2.60 bits per heavy atom. The van der Waals surface area contributed by atoms with E-state index in [-0.39, 0.29) is 35.8 Å². The second-order valence-corrected chi connectivity index (χ2v) is 8.22. The molecule has 1 aromatic carbocycles. The van der Waals surface area contributed by atoms with Crippen LogP contribution in [0.15, 0.2) is 41.8 Å². The molecule has 0 aliphatic carbocycles. The first-order chi connectivity index (χ1) is 11.5. The van der Waals surface area contributed by atoms with Crippen LogP contribution in [0.1, 0.15) is 36.0 Å². The normalized spacial score (nSPS) is 25.0. The molecule has 138 valence electrons. The van der Waals surface area contributed by atoms with Gasteiger partial charge in [-0.1, -0.05) is 12.1 Å². The molecule has 0 spiro atoms. The number of benzene rings is 1. The number of hydrogen-bond donors (Lipinski definition) is 3. The number of amides is 1. The van der Waals surface area contributed by atoms with E-state index in [2.05, 4.69) is 21.9 Å². The quantitative estimate of drug-likeness (QED) is 0.649. The summed E-state index contributed by atoms with van der Waals surface area (Å²) in [6.07, 6.45) is 5.67. The molecule has 2 heterocycles. The zero-order chi connectivity index (χ0) is 17.2. The van der Waals surface area contributed by atoms with E-state index < -0.39 is 10.0 Å². The Morgan fingerprint density at radius 1 is 1.28 bits per heavy atom. The van der Waals surface area contributed by atoms with Crippen LogP contribution in [0.25, 0.3) is 0 Å². The van der Waals surface area contributed by atoms with Crippen LogP contribution in [-0.2, 0) is 10.0 Å². The van der Waals surface area contributed by atoms with Crippen molar-refractivity contribution >= 4 is 28.3 Å². The number of fused-ring (bicyclic) bond motifs is 2. The molecule has 2 unspecified atom stereocenters. The van der Waals surface area contributed by atoms with E-state index in [1.165, 1.54) is 31.1 Å². The maximum atomic E-state index is 12.5. The molecule has 3 rings (SSSR count). The van der Waals surface area contributed by atoms with E-state index in [0.29, 0.717) is 17.6 Å². The number of rotatable bonds is 6. The van der Waals surface area contributed by atoms with Gasteiger partial charge in [0, 0.05) is 30.2 Å². The third-order valence-electron chi connectivity index (χ3n) is 4.63. The summed E-state index contributed by atoms with van der Waals surface area (Å²) in [5.41, 5.74) is 0.363. The minimum atomic E-state index is -3.63. The molecule has 1 amide bonds. The van der Waals surface area contributed by atoms with Crippen LogP contribution in [0.5, 0.6) is 0 Å². The fourth-order valence-corrected chi connectivity index (χ4v) is 4.54. The zero-order valence-electron chi connectivity index (χ0n) is 13.9. The monoisotopic (exact) mass is 385 g/mol. The number of nitrogens with one attached hydrogen (secondary N) is 3. The number of halogens is 1. The lowest BCUT2D eigenvalue weighted by molar-refractivity contribution is 0.0923. The third kappa shape index (κ3) is 4.82. The summed E-state index contributed by atoms with van der Waals surface area (Å²) in [7, 11) is -3.63. The molecule has 2 bridgehead atoms. The molecule has 2 aliphatic heterocycles. The summed E-state index contributed by atoms with van der Waals surface area (Å²) in [6, 6.07) is 7.24. The Balaban J connectivity index is 0.00000225. The van der Waals surface area contributed by atoms with Crippen LogP contribution < -0.4 is 15.4 Å². The van der Waals surface area contributed by atoms with Crippen molar-refractivity contribution in [1.82, 2.24) is 15.4 Å². The van der Waals surface area contributed by atoms with Crippen LogP contribution in [0.4, 0.5) is 0 Å². The highest BCUT2D eigenvalue weighted by atomic mass is 35.5. The Bertz CT molecular complexity index is 726. The lowest BCUT2D eigenvalue weighted by atomic mass is 9.99. The molecule has 8 heteroatoms. The van der Waals surface area contributed by atoms with Gasteiger partial charge >= 0.3 is 0 Å². The van der Waals surface area contributed by atoms with Gasteiger partial charge < -0.3 is 10.6 Å². The zero-order valence-corrected chi connectivity index (χ0v) is 15.5. The van der Waals surface area contributed by atoms with Crippen LogP contribution in [0.3, 0.4) is 0 Å². The maximum absolute atomic E-state index is 12.5. The summed E-state index contributed by atoms with van der Waals surface area (Å²) < 4.78 is 26.7. The Morgan fingerprint density at radius 2 is 1.96 bits per heavy atom. The average Bonchev–Trinajstić information content (AvgIpc) is 2.91. The predicted molar refractivity (Wildman–Crippen MR) is 99.5 cm³/mol. The number of sulfonamides is 1. The van der Waals surface area contributed by atoms with Crippen LogP contribution in [0.2, 0.25) is 0 Å². The van der Waals surface area contributed by atoms with Crippen molar-refractivity contribution in [3.8, 4) is 0 Å². The van der Waals surface area contributed by atoms with Crippen molar-refractivity contribution in [3.63, 3.8) is 0 Å². The van der Waals surface area contributed by atoms with Crippen LogP contribution >= 0.6 is 12.4 Å². The van der Waals surface area contributed by atoms with Gasteiger partial charge in [0.1, 0.15) is 0 Å². The molecule has 1 aromatic rings. The molecule has 6 nitrogen and oxygen atoms in total. The number of carbonyl (C=O) groups excluding carboxylic acids is 1. The Kier molecular flexibility index (Phi) is 6.62. The van der Waals surface area contributed by atoms with Gasteiger partial charge in [0.25, 0.3) is 5.91 Å². The van der Waals surface area contributed by atoms with Crippen molar-refractivity contribution in [2.24, 2.45) is 0 Å². The molecule has 2 fully saturated rings. The summed E-state index contributed by atoms with van der Waals surface area (Å²) in [6.45, 7) is 3.64. The van der Waals surface area contributed by atoms with Gasteiger partial charge in [0.15, 0.2) is 0 Å². The molecule has 2 saturated heterocycles. The Hall–Kier alpha value is -1.41. The van der Waals surface area contributed by atoms with Gasteiger partial charge in [-0.2, -0.15) is 0 Å². The first-order valence-electron chi connectivity index (χ1n) is 8.25.